The first kappa shape index (κ1) is 44.1. The van der Waals surface area contributed by atoms with Crippen molar-refractivity contribution in [1.82, 2.24) is 0 Å². The van der Waals surface area contributed by atoms with Gasteiger partial charge in [-0.05, 0) is 0 Å². The Kier molecular flexibility index (Phi) is 45.8. The van der Waals surface area contributed by atoms with E-state index in [0.717, 1.165) is 0 Å². The molecule has 0 radical (unpaired) electrons. The van der Waals surface area contributed by atoms with Gasteiger partial charge in [0.15, 0.2) is 0 Å². The Hall–Kier alpha value is 5.39. The van der Waals surface area contributed by atoms with Crippen LogP contribution in [0.1, 0.15) is 0 Å². The van der Waals surface area contributed by atoms with Crippen LogP contribution in [0.15, 0.2) is 0 Å². The van der Waals surface area contributed by atoms with E-state index >= 15 is 0 Å². The van der Waals surface area contributed by atoms with E-state index in [2.05, 4.69) is 4.31 Å². The largest absolute Gasteiger partial charge is 2.00 e. The predicted molar refractivity (Wildman–Crippen MR) is 32.5 cm³/mol. The zero-order chi connectivity index (χ0) is 12.2. The van der Waals surface area contributed by atoms with Crippen LogP contribution in [0.3, 0.4) is 0 Å². The van der Waals surface area contributed by atoms with E-state index in [-0.39, 0.29) is 156 Å². The van der Waals surface area contributed by atoms with E-state index in [1.165, 1.54) is 0 Å². The number of hydrogen-bond donors (Lipinski definition) is 0. The van der Waals surface area contributed by atoms with Gasteiger partial charge in [-0.3, -0.25) is 8.42 Å². The molecule has 19 heteroatoms. The Morgan fingerprint density at radius 2 is 0.842 bits per heavy atom. The molecule has 0 aromatic heterocycles. The summed E-state index contributed by atoms with van der Waals surface area (Å²) in [7, 11) is -16.5. The van der Waals surface area contributed by atoms with Crippen LogP contribution in [0.25, 0.3) is 0 Å². The topological polar surface area (TPSA) is 216 Å². The van der Waals surface area contributed by atoms with Crippen molar-refractivity contribution in [2.75, 3.05) is 0 Å². The minimum atomic E-state index is -5.68. The Bertz CT molecular complexity index is 327. The minimum Gasteiger partial charge on any atom is -0.790 e. The van der Waals surface area contributed by atoms with Gasteiger partial charge in [-0.15, -0.1) is 0 Å². The van der Waals surface area contributed by atoms with E-state index in [0.29, 0.717) is 0 Å². The van der Waals surface area contributed by atoms with Crippen molar-refractivity contribution >= 4 is 63.8 Å². The number of phosphoric acid groups is 2. The molecule has 0 saturated carbocycles. The van der Waals surface area contributed by atoms with E-state index in [4.69, 9.17) is 17.5 Å². The first-order valence-electron chi connectivity index (χ1n) is 2.13. The van der Waals surface area contributed by atoms with Crippen LogP contribution in [-0.4, -0.2) is 55.3 Å². The summed E-state index contributed by atoms with van der Waals surface area (Å²) in [6, 6.07) is 0. The van der Waals surface area contributed by atoms with Crippen molar-refractivity contribution in [1.29, 1.82) is 0 Å². The molecule has 0 aromatic carbocycles. The van der Waals surface area contributed by atoms with Crippen LogP contribution in [0.4, 0.5) is 0 Å². The second kappa shape index (κ2) is 19.7. The normalized spacial score (nSPS) is 9.58. The maximum absolute atomic E-state index is 9.32. The van der Waals surface area contributed by atoms with Gasteiger partial charge in [-0.2, -0.15) is 0 Å². The quantitative estimate of drug-likeness (QED) is 0.183. The van der Waals surface area contributed by atoms with Crippen LogP contribution in [0.5, 0.6) is 0 Å². The van der Waals surface area contributed by atoms with Crippen LogP contribution >= 0.6 is 15.6 Å². The van der Waals surface area contributed by atoms with E-state index < -0.39 is 26.0 Å². The van der Waals surface area contributed by atoms with Gasteiger partial charge in [0, 0.05) is 10.4 Å². The molecule has 0 aliphatic heterocycles. The second-order valence-electron chi connectivity index (χ2n) is 1.38. The standard InChI is InChI=1S/Ca.4Na.H4O7P2.H2O4S/c;;;;;1-8(2,3)7-9(4,5)6;1-5(2,3)4/h;;;;;(H2,1,2,3)(H2,4,5,6);(H2,1,2,3,4)/q+2;4*+1;;/p-6. The molecule has 0 amide bonds. The van der Waals surface area contributed by atoms with E-state index in [1.807, 2.05) is 0 Å². The SMILES string of the molecule is O=P([O-])([O-])OP(=O)([O-])[O-].O=S(=O)([O-])[O-].[Ca+2].[Na+].[Na+].[Na+].[Na+]. The maximum atomic E-state index is 9.32. The Morgan fingerprint density at radius 1 is 0.737 bits per heavy atom. The molecule has 0 aliphatic rings. The van der Waals surface area contributed by atoms with Crippen molar-refractivity contribution in [3.63, 3.8) is 0 Å². The van der Waals surface area contributed by atoms with Crippen molar-refractivity contribution < 1.29 is 169 Å². The molecule has 19 heavy (non-hydrogen) atoms. The van der Waals surface area contributed by atoms with Gasteiger partial charge in [0.05, 0.1) is 15.6 Å². The Morgan fingerprint density at radius 3 is 0.842 bits per heavy atom. The van der Waals surface area contributed by atoms with Crippen molar-refractivity contribution in [2.45, 2.75) is 0 Å². The molecule has 0 saturated heterocycles. The molecule has 11 nitrogen and oxygen atoms in total. The zero-order valence-electron chi connectivity index (χ0n) is 10.5. The summed E-state index contributed by atoms with van der Waals surface area (Å²) in [6.45, 7) is 0. The fraction of sp³-hybridized carbons (Fsp3) is 0. The summed E-state index contributed by atoms with van der Waals surface area (Å²) in [6.07, 6.45) is 0. The van der Waals surface area contributed by atoms with Gasteiger partial charge in [0.1, 0.15) is 0 Å². The van der Waals surface area contributed by atoms with Gasteiger partial charge >= 0.3 is 156 Å². The zero-order valence-corrected chi connectivity index (χ0v) is 23.3. The molecule has 0 bridgehead atoms. The molecule has 0 spiro atoms. The molecule has 0 N–H and O–H groups in total. The molecule has 0 heterocycles. The van der Waals surface area contributed by atoms with Crippen molar-refractivity contribution in [2.24, 2.45) is 0 Å². The molecule has 0 atom stereocenters. The summed E-state index contributed by atoms with van der Waals surface area (Å²) in [5, 5.41) is 0. The molecular formula is CaNa4O11P2S. The first-order valence-corrected chi connectivity index (χ1v) is 6.38. The molecule has 0 aromatic rings. The van der Waals surface area contributed by atoms with Crippen LogP contribution < -0.4 is 138 Å². The maximum Gasteiger partial charge on any atom is 2.00 e. The van der Waals surface area contributed by atoms with Crippen LogP contribution in [0.2, 0.25) is 0 Å². The molecule has 0 aliphatic carbocycles. The van der Waals surface area contributed by atoms with Gasteiger partial charge < -0.3 is 42.1 Å². The fourth-order valence-electron chi connectivity index (χ4n) is 0.122. The molecule has 88 valence electrons. The number of hydrogen-bond acceptors (Lipinski definition) is 11. The second-order valence-corrected chi connectivity index (χ2v) is 4.64. The molecule has 0 fully saturated rings. The number of rotatable bonds is 2. The van der Waals surface area contributed by atoms with Crippen molar-refractivity contribution in [3.05, 3.63) is 0 Å². The third-order valence-corrected chi connectivity index (χ3v) is 1.80. The van der Waals surface area contributed by atoms with Crippen LogP contribution in [-0.2, 0) is 23.8 Å². The summed E-state index contributed by atoms with van der Waals surface area (Å²) in [4.78, 5) is 37.3. The minimum absolute atomic E-state index is 0. The smallest absolute Gasteiger partial charge is 0.790 e. The van der Waals surface area contributed by atoms with Gasteiger partial charge in [0.25, 0.3) is 0 Å². The van der Waals surface area contributed by atoms with E-state index in [1.54, 1.807) is 0 Å². The van der Waals surface area contributed by atoms with Gasteiger partial charge in [0.2, 0.25) is 0 Å². The third kappa shape index (κ3) is 82.5. The average Bonchev–Trinajstić information content (AvgIpc) is 1.42. The Labute approximate surface area is 227 Å². The first-order chi connectivity index (χ1) is 5.71. The Balaban J connectivity index is -0.0000000261. The van der Waals surface area contributed by atoms with Gasteiger partial charge in [-0.25, -0.2) is 0 Å². The molecule has 0 unspecified atom stereocenters. The monoisotopic (exact) mass is 402 g/mol. The fourth-order valence-corrected chi connectivity index (χ4v) is 1.10. The predicted octanol–water partition coefficient (Wildman–Crippen LogP) is -17.0. The summed E-state index contributed by atoms with van der Waals surface area (Å²) in [5.74, 6) is 0. The molecular weight excluding hydrogens is 402 g/mol. The summed E-state index contributed by atoms with van der Waals surface area (Å²) in [5.41, 5.74) is 0. The summed E-state index contributed by atoms with van der Waals surface area (Å²) < 4.78 is 55.2. The summed E-state index contributed by atoms with van der Waals surface area (Å²) >= 11 is 0. The third-order valence-electron chi connectivity index (χ3n) is 0.200. The van der Waals surface area contributed by atoms with Gasteiger partial charge in [-0.1, -0.05) is 0 Å². The van der Waals surface area contributed by atoms with Crippen molar-refractivity contribution in [3.8, 4) is 0 Å². The average molecular weight is 402 g/mol. The van der Waals surface area contributed by atoms with E-state index in [9.17, 15) is 28.7 Å². The molecule has 0 rings (SSSR count). The van der Waals surface area contributed by atoms with Crippen LogP contribution in [0, 0.1) is 0 Å².